The Hall–Kier alpha value is -6.66. The van der Waals surface area contributed by atoms with Gasteiger partial charge in [0, 0.05) is 38.4 Å². The highest BCUT2D eigenvalue weighted by atomic mass is 16.3. The maximum absolute atomic E-state index is 6.33. The smallest absolute Gasteiger partial charge is 0.199 e. The number of benzene rings is 6. The number of hydrogen-bond donors (Lipinski definition) is 0. The number of fused-ring (bicyclic) bond motifs is 7. The van der Waals surface area contributed by atoms with Crippen LogP contribution in [0.2, 0.25) is 0 Å². The van der Waals surface area contributed by atoms with E-state index in [2.05, 4.69) is 77.4 Å². The van der Waals surface area contributed by atoms with Gasteiger partial charge >= 0.3 is 0 Å². The van der Waals surface area contributed by atoms with Crippen LogP contribution in [0.3, 0.4) is 0 Å². The standard InChI is InChI=1S/C42H25N5O/c1-3-13-26(14-4-1)38-40-39(31-19-9-12-22-36(31)48-40)46-42(45-38)41-43-33-20-10-7-18-30(33)37(44-41)27-23-24-35-32(25-27)29-17-8-11-21-34(29)47(35)28-15-5-2-6-16-28/h1-25H. The molecular weight excluding hydrogens is 590 g/mol. The zero-order chi connectivity index (χ0) is 31.6. The van der Waals surface area contributed by atoms with Crippen LogP contribution in [0.4, 0.5) is 0 Å². The van der Waals surface area contributed by atoms with E-state index >= 15 is 0 Å². The minimum Gasteiger partial charge on any atom is -0.452 e. The molecule has 0 radical (unpaired) electrons. The van der Waals surface area contributed by atoms with E-state index < -0.39 is 0 Å². The van der Waals surface area contributed by atoms with Crippen LogP contribution in [0.25, 0.3) is 94.6 Å². The normalized spacial score (nSPS) is 11.8. The number of para-hydroxylation sites is 4. The molecule has 0 bridgehead atoms. The molecule has 6 nitrogen and oxygen atoms in total. The summed E-state index contributed by atoms with van der Waals surface area (Å²) in [7, 11) is 0. The number of nitrogens with zero attached hydrogens (tertiary/aromatic N) is 5. The van der Waals surface area contributed by atoms with Gasteiger partial charge in [-0.2, -0.15) is 0 Å². The molecule has 0 aliphatic heterocycles. The molecule has 4 aromatic heterocycles. The molecule has 0 saturated heterocycles. The summed E-state index contributed by atoms with van der Waals surface area (Å²) < 4.78 is 8.66. The van der Waals surface area contributed by atoms with Gasteiger partial charge in [0.05, 0.1) is 22.2 Å². The Morgan fingerprint density at radius 2 is 1.08 bits per heavy atom. The largest absolute Gasteiger partial charge is 0.452 e. The molecule has 0 unspecified atom stereocenters. The van der Waals surface area contributed by atoms with Gasteiger partial charge in [-0.3, -0.25) is 0 Å². The van der Waals surface area contributed by atoms with Crippen LogP contribution in [0.5, 0.6) is 0 Å². The number of hydrogen-bond acceptors (Lipinski definition) is 5. The Bertz CT molecular complexity index is 2840. The Morgan fingerprint density at radius 1 is 0.438 bits per heavy atom. The maximum Gasteiger partial charge on any atom is 0.199 e. The summed E-state index contributed by atoms with van der Waals surface area (Å²) in [5.41, 5.74) is 9.87. The van der Waals surface area contributed by atoms with Gasteiger partial charge in [0.15, 0.2) is 17.2 Å². The first-order valence-electron chi connectivity index (χ1n) is 15.9. The first kappa shape index (κ1) is 26.5. The molecule has 0 saturated carbocycles. The van der Waals surface area contributed by atoms with E-state index in [0.717, 1.165) is 66.3 Å². The van der Waals surface area contributed by atoms with Crippen molar-refractivity contribution in [2.75, 3.05) is 0 Å². The fourth-order valence-electron chi connectivity index (χ4n) is 6.85. The van der Waals surface area contributed by atoms with Crippen molar-refractivity contribution in [3.05, 3.63) is 152 Å². The Kier molecular flexibility index (Phi) is 5.77. The third-order valence-corrected chi connectivity index (χ3v) is 9.03. The SMILES string of the molecule is c1ccc(-c2nc(-c3nc(-c4ccc5c(c4)c4ccccc4n5-c4ccccc4)c4ccccc4n3)nc3c2oc2ccccc23)cc1. The Morgan fingerprint density at radius 3 is 1.94 bits per heavy atom. The molecule has 0 N–H and O–H groups in total. The predicted molar refractivity (Wildman–Crippen MR) is 193 cm³/mol. The average molecular weight is 616 g/mol. The summed E-state index contributed by atoms with van der Waals surface area (Å²) in [6.45, 7) is 0. The number of rotatable bonds is 4. The molecule has 48 heavy (non-hydrogen) atoms. The predicted octanol–water partition coefficient (Wildman–Crippen LogP) is 10.4. The molecule has 10 rings (SSSR count). The van der Waals surface area contributed by atoms with Gasteiger partial charge in [-0.05, 0) is 48.5 Å². The lowest BCUT2D eigenvalue weighted by Crippen LogP contribution is -2.00. The highest BCUT2D eigenvalue weighted by Crippen LogP contribution is 2.38. The highest BCUT2D eigenvalue weighted by molar-refractivity contribution is 6.11. The topological polar surface area (TPSA) is 69.6 Å². The lowest BCUT2D eigenvalue weighted by Gasteiger charge is -2.11. The van der Waals surface area contributed by atoms with Gasteiger partial charge in [0.1, 0.15) is 16.8 Å². The van der Waals surface area contributed by atoms with Crippen LogP contribution >= 0.6 is 0 Å². The van der Waals surface area contributed by atoms with Gasteiger partial charge in [-0.1, -0.05) is 103 Å². The molecule has 6 aromatic carbocycles. The fourth-order valence-corrected chi connectivity index (χ4v) is 6.85. The van der Waals surface area contributed by atoms with Crippen molar-refractivity contribution in [1.29, 1.82) is 0 Å². The van der Waals surface area contributed by atoms with Crippen LogP contribution in [0.15, 0.2) is 156 Å². The second-order valence-electron chi connectivity index (χ2n) is 11.9. The van der Waals surface area contributed by atoms with Gasteiger partial charge in [-0.25, -0.2) is 19.9 Å². The minimum absolute atomic E-state index is 0.446. The van der Waals surface area contributed by atoms with Gasteiger partial charge < -0.3 is 8.98 Å². The van der Waals surface area contributed by atoms with E-state index in [0.29, 0.717) is 22.9 Å². The second-order valence-corrected chi connectivity index (χ2v) is 11.9. The zero-order valence-corrected chi connectivity index (χ0v) is 25.6. The van der Waals surface area contributed by atoms with E-state index in [1.807, 2.05) is 78.9 Å². The molecule has 0 fully saturated rings. The summed E-state index contributed by atoms with van der Waals surface area (Å²) in [5, 5.41) is 4.23. The van der Waals surface area contributed by atoms with Crippen molar-refractivity contribution in [1.82, 2.24) is 24.5 Å². The molecule has 0 aliphatic carbocycles. The fraction of sp³-hybridized carbons (Fsp3) is 0. The van der Waals surface area contributed by atoms with E-state index in [-0.39, 0.29) is 0 Å². The lowest BCUT2D eigenvalue weighted by molar-refractivity contribution is 0.667. The van der Waals surface area contributed by atoms with Crippen molar-refractivity contribution in [2.24, 2.45) is 0 Å². The zero-order valence-electron chi connectivity index (χ0n) is 25.6. The highest BCUT2D eigenvalue weighted by Gasteiger charge is 2.21. The second kappa shape index (κ2) is 10.4. The summed E-state index contributed by atoms with van der Waals surface area (Å²) >= 11 is 0. The molecule has 0 aliphatic rings. The van der Waals surface area contributed by atoms with E-state index in [9.17, 15) is 0 Å². The summed E-state index contributed by atoms with van der Waals surface area (Å²) in [4.78, 5) is 20.4. The van der Waals surface area contributed by atoms with Crippen LogP contribution < -0.4 is 0 Å². The molecule has 6 heteroatoms. The third-order valence-electron chi connectivity index (χ3n) is 9.03. The van der Waals surface area contributed by atoms with Crippen molar-refractivity contribution >= 4 is 54.8 Å². The van der Waals surface area contributed by atoms with Crippen molar-refractivity contribution in [3.63, 3.8) is 0 Å². The molecule has 4 heterocycles. The van der Waals surface area contributed by atoms with Gasteiger partial charge in [-0.15, -0.1) is 0 Å². The van der Waals surface area contributed by atoms with Crippen molar-refractivity contribution < 1.29 is 4.42 Å². The molecule has 0 spiro atoms. The first-order chi connectivity index (χ1) is 23.8. The lowest BCUT2D eigenvalue weighted by atomic mass is 10.0. The number of furan rings is 1. The summed E-state index contributed by atoms with van der Waals surface area (Å²) in [6, 6.07) is 51.8. The molecule has 0 atom stereocenters. The maximum atomic E-state index is 6.33. The third kappa shape index (κ3) is 4.06. The Labute approximate surface area is 274 Å². The molecule has 224 valence electrons. The van der Waals surface area contributed by atoms with Crippen molar-refractivity contribution in [3.8, 4) is 39.9 Å². The number of aromatic nitrogens is 5. The van der Waals surface area contributed by atoms with Crippen molar-refractivity contribution in [2.45, 2.75) is 0 Å². The van der Waals surface area contributed by atoms with Gasteiger partial charge in [0.2, 0.25) is 0 Å². The molecular formula is C42H25N5O. The van der Waals surface area contributed by atoms with Crippen LogP contribution in [-0.4, -0.2) is 24.5 Å². The van der Waals surface area contributed by atoms with Crippen LogP contribution in [0.1, 0.15) is 0 Å². The van der Waals surface area contributed by atoms with E-state index in [4.69, 9.17) is 24.4 Å². The summed E-state index contributed by atoms with van der Waals surface area (Å²) in [5.74, 6) is 0.904. The molecule has 0 amide bonds. The van der Waals surface area contributed by atoms with Gasteiger partial charge in [0.25, 0.3) is 0 Å². The first-order valence-corrected chi connectivity index (χ1v) is 15.9. The monoisotopic (exact) mass is 615 g/mol. The van der Waals surface area contributed by atoms with Crippen LogP contribution in [0, 0.1) is 0 Å². The van der Waals surface area contributed by atoms with E-state index in [1.165, 1.54) is 5.39 Å². The minimum atomic E-state index is 0.446. The Balaban J connectivity index is 1.23. The van der Waals surface area contributed by atoms with E-state index in [1.54, 1.807) is 0 Å². The van der Waals surface area contributed by atoms with Crippen LogP contribution in [-0.2, 0) is 0 Å². The molecule has 10 aromatic rings. The summed E-state index contributed by atoms with van der Waals surface area (Å²) in [6.07, 6.45) is 0. The average Bonchev–Trinajstić information content (AvgIpc) is 3.70. The quantitative estimate of drug-likeness (QED) is 0.197.